The number of allylic oxidation sites excluding steroid dienone is 2. The molecule has 0 atom stereocenters. The van der Waals surface area contributed by atoms with Crippen LogP contribution in [0.5, 0.6) is 0 Å². The fraction of sp³-hybridized carbons (Fsp3) is 0.545. The van der Waals surface area contributed by atoms with Gasteiger partial charge in [-0.05, 0) is 25.3 Å². The smallest absolute Gasteiger partial charge is 0.422 e. The van der Waals surface area contributed by atoms with E-state index >= 15 is 0 Å². The molecule has 0 unspecified atom stereocenters. The third-order valence-corrected chi connectivity index (χ3v) is 2.66. The van der Waals surface area contributed by atoms with Crippen LogP contribution in [0.15, 0.2) is 29.1 Å². The topological polar surface area (TPSA) is 41.8 Å². The van der Waals surface area contributed by atoms with Gasteiger partial charge in [0.15, 0.2) is 6.61 Å². The first-order chi connectivity index (χ1) is 8.32. The van der Waals surface area contributed by atoms with E-state index in [2.05, 4.69) is 16.5 Å². The molecule has 0 saturated heterocycles. The summed E-state index contributed by atoms with van der Waals surface area (Å²) < 4.78 is 54.7. The maximum absolute atomic E-state index is 14.1. The van der Waals surface area contributed by atoms with Gasteiger partial charge in [0.25, 0.3) is 0 Å². The molecule has 1 fully saturated rings. The Morgan fingerprint density at radius 1 is 1.44 bits per heavy atom. The Bertz CT molecular complexity index is 370. The highest BCUT2D eigenvalue weighted by atomic mass is 19.4. The average Bonchev–Trinajstić information content (AvgIpc) is 2.24. The molecule has 0 radical (unpaired) electrons. The molecule has 0 heterocycles. The maximum atomic E-state index is 14.1. The molecule has 1 N–H and O–H groups in total. The molecule has 0 aromatic heterocycles. The standard InChI is InChI=1S/C11H13F4NO2/c1-2-9(18-7-11(13,14)15)8(6-16-17)10(12)4-3-5-10/h2,6,17H,1,3-5,7H2/b9-8-,16-6+. The van der Waals surface area contributed by atoms with Crippen LogP contribution in [-0.4, -0.2) is 29.9 Å². The number of nitrogens with zero attached hydrogens (tertiary/aromatic N) is 1. The third-order valence-electron chi connectivity index (χ3n) is 2.66. The fourth-order valence-electron chi connectivity index (χ4n) is 1.62. The summed E-state index contributed by atoms with van der Waals surface area (Å²) in [5.74, 6) is -0.354. The monoisotopic (exact) mass is 267 g/mol. The second-order valence-corrected chi connectivity index (χ2v) is 3.95. The van der Waals surface area contributed by atoms with E-state index < -0.39 is 18.5 Å². The van der Waals surface area contributed by atoms with E-state index in [4.69, 9.17) is 5.21 Å². The van der Waals surface area contributed by atoms with Gasteiger partial charge in [-0.1, -0.05) is 11.7 Å². The van der Waals surface area contributed by atoms with Crippen LogP contribution in [-0.2, 0) is 4.74 Å². The first-order valence-electron chi connectivity index (χ1n) is 5.25. The van der Waals surface area contributed by atoms with Gasteiger partial charge in [-0.25, -0.2) is 4.39 Å². The van der Waals surface area contributed by atoms with Gasteiger partial charge < -0.3 is 9.94 Å². The number of rotatable bonds is 5. The summed E-state index contributed by atoms with van der Waals surface area (Å²) >= 11 is 0. The van der Waals surface area contributed by atoms with Crippen LogP contribution in [0.25, 0.3) is 0 Å². The van der Waals surface area contributed by atoms with Crippen LogP contribution in [0.2, 0.25) is 0 Å². The van der Waals surface area contributed by atoms with E-state index in [0.717, 1.165) is 12.3 Å². The molecule has 1 aliphatic carbocycles. The summed E-state index contributed by atoms with van der Waals surface area (Å²) in [5, 5.41) is 11.1. The van der Waals surface area contributed by atoms with Crippen molar-refractivity contribution in [2.45, 2.75) is 31.1 Å². The Morgan fingerprint density at radius 3 is 2.39 bits per heavy atom. The Balaban J connectivity index is 2.95. The predicted octanol–water partition coefficient (Wildman–Crippen LogP) is 3.36. The first-order valence-corrected chi connectivity index (χ1v) is 5.25. The van der Waals surface area contributed by atoms with Gasteiger partial charge in [0.2, 0.25) is 0 Å². The lowest BCUT2D eigenvalue weighted by Crippen LogP contribution is -2.36. The van der Waals surface area contributed by atoms with E-state index in [0.29, 0.717) is 6.42 Å². The zero-order chi connectivity index (χ0) is 13.8. The van der Waals surface area contributed by atoms with Gasteiger partial charge in [-0.2, -0.15) is 13.2 Å². The Hall–Kier alpha value is -1.53. The Labute approximate surface area is 101 Å². The molecule has 0 aliphatic heterocycles. The zero-order valence-electron chi connectivity index (χ0n) is 9.50. The van der Waals surface area contributed by atoms with Gasteiger partial charge in [-0.15, -0.1) is 0 Å². The molecular weight excluding hydrogens is 254 g/mol. The normalized spacial score (nSPS) is 20.2. The number of ether oxygens (including phenoxy) is 1. The minimum atomic E-state index is -4.53. The molecule has 7 heteroatoms. The van der Waals surface area contributed by atoms with Crippen molar-refractivity contribution in [1.29, 1.82) is 0 Å². The summed E-state index contributed by atoms with van der Waals surface area (Å²) in [5.41, 5.74) is -2.02. The molecule has 18 heavy (non-hydrogen) atoms. The van der Waals surface area contributed by atoms with E-state index in [9.17, 15) is 17.6 Å². The largest absolute Gasteiger partial charge is 0.484 e. The van der Waals surface area contributed by atoms with Crippen molar-refractivity contribution in [2.24, 2.45) is 5.16 Å². The SMILES string of the molecule is C=C/C(OCC(F)(F)F)=C(\C=N\O)C1(F)CCC1. The summed E-state index contributed by atoms with van der Waals surface area (Å²) in [4.78, 5) is 0. The Morgan fingerprint density at radius 2 is 2.06 bits per heavy atom. The van der Waals surface area contributed by atoms with Crippen LogP contribution in [0.3, 0.4) is 0 Å². The van der Waals surface area contributed by atoms with Crippen LogP contribution in [0.1, 0.15) is 19.3 Å². The van der Waals surface area contributed by atoms with E-state index in [1.807, 2.05) is 0 Å². The average molecular weight is 267 g/mol. The highest BCUT2D eigenvalue weighted by Gasteiger charge is 2.42. The van der Waals surface area contributed by atoms with E-state index in [1.165, 1.54) is 0 Å². The fourth-order valence-corrected chi connectivity index (χ4v) is 1.62. The molecule has 3 nitrogen and oxygen atoms in total. The Kier molecular flexibility index (Phi) is 4.37. The van der Waals surface area contributed by atoms with Crippen molar-refractivity contribution in [2.75, 3.05) is 6.61 Å². The number of hydrogen-bond acceptors (Lipinski definition) is 3. The second-order valence-electron chi connectivity index (χ2n) is 3.95. The molecule has 0 amide bonds. The van der Waals surface area contributed by atoms with Gasteiger partial charge in [-0.3, -0.25) is 0 Å². The number of hydrogen-bond donors (Lipinski definition) is 1. The quantitative estimate of drug-likeness (QED) is 0.207. The summed E-state index contributed by atoms with van der Waals surface area (Å²) in [6, 6.07) is 0. The molecular formula is C11H13F4NO2. The molecule has 102 valence electrons. The molecule has 1 saturated carbocycles. The van der Waals surface area contributed by atoms with Gasteiger partial charge in [0.05, 0.1) is 11.8 Å². The summed E-state index contributed by atoms with van der Waals surface area (Å²) in [7, 11) is 0. The number of oxime groups is 1. The summed E-state index contributed by atoms with van der Waals surface area (Å²) in [6.07, 6.45) is -1.88. The predicted molar refractivity (Wildman–Crippen MR) is 57.2 cm³/mol. The lowest BCUT2D eigenvalue weighted by atomic mass is 9.76. The van der Waals surface area contributed by atoms with Crippen LogP contribution in [0.4, 0.5) is 17.6 Å². The second kappa shape index (κ2) is 5.41. The van der Waals surface area contributed by atoms with Crippen molar-refractivity contribution in [3.63, 3.8) is 0 Å². The number of halogens is 4. The van der Waals surface area contributed by atoms with Crippen molar-refractivity contribution < 1.29 is 27.5 Å². The third kappa shape index (κ3) is 3.48. The maximum Gasteiger partial charge on any atom is 0.422 e. The zero-order valence-corrected chi connectivity index (χ0v) is 9.50. The van der Waals surface area contributed by atoms with Gasteiger partial charge in [0.1, 0.15) is 11.4 Å². The lowest BCUT2D eigenvalue weighted by Gasteiger charge is -2.35. The van der Waals surface area contributed by atoms with Crippen LogP contribution < -0.4 is 0 Å². The van der Waals surface area contributed by atoms with Crippen molar-refractivity contribution in [3.05, 3.63) is 24.0 Å². The van der Waals surface area contributed by atoms with Crippen molar-refractivity contribution >= 4 is 6.21 Å². The molecule has 1 aliphatic rings. The van der Waals surface area contributed by atoms with E-state index in [-0.39, 0.29) is 24.2 Å². The highest BCUT2D eigenvalue weighted by Crippen LogP contribution is 2.43. The molecule has 0 aromatic carbocycles. The highest BCUT2D eigenvalue weighted by molar-refractivity contribution is 5.82. The van der Waals surface area contributed by atoms with Crippen molar-refractivity contribution in [3.8, 4) is 0 Å². The number of alkyl halides is 4. The van der Waals surface area contributed by atoms with Gasteiger partial charge in [0, 0.05) is 0 Å². The lowest BCUT2D eigenvalue weighted by molar-refractivity contribution is -0.164. The van der Waals surface area contributed by atoms with Crippen LogP contribution >= 0.6 is 0 Å². The van der Waals surface area contributed by atoms with Crippen LogP contribution in [0, 0.1) is 0 Å². The minimum Gasteiger partial charge on any atom is -0.484 e. The molecule has 0 aromatic rings. The molecule has 0 spiro atoms. The van der Waals surface area contributed by atoms with Crippen molar-refractivity contribution in [1.82, 2.24) is 0 Å². The van der Waals surface area contributed by atoms with E-state index in [1.54, 1.807) is 0 Å². The first kappa shape index (κ1) is 14.5. The minimum absolute atomic E-state index is 0.154. The van der Waals surface area contributed by atoms with Gasteiger partial charge >= 0.3 is 6.18 Å². The summed E-state index contributed by atoms with van der Waals surface area (Å²) in [6.45, 7) is 1.73. The molecule has 0 bridgehead atoms. The molecule has 1 rings (SSSR count).